The number of nitro benzene ring substituents is 1. The van der Waals surface area contributed by atoms with E-state index in [9.17, 15) is 24.5 Å². The molecule has 0 aliphatic heterocycles. The largest absolute Gasteiger partial charge is 0.465 e. The average Bonchev–Trinajstić information content (AvgIpc) is 2.79. The maximum atomic E-state index is 12.6. The molecule has 0 saturated heterocycles. The number of esters is 1. The second-order valence-electron chi connectivity index (χ2n) is 6.37. The first-order valence-corrected chi connectivity index (χ1v) is 9.03. The summed E-state index contributed by atoms with van der Waals surface area (Å²) in [6, 6.07) is 17.8. The van der Waals surface area contributed by atoms with Gasteiger partial charge >= 0.3 is 5.97 Å². The van der Waals surface area contributed by atoms with E-state index in [1.165, 1.54) is 43.5 Å². The summed E-state index contributed by atoms with van der Waals surface area (Å²) < 4.78 is 4.66. The number of hydrogen-bond acceptors (Lipinski definition) is 6. The summed E-state index contributed by atoms with van der Waals surface area (Å²) in [7, 11) is 1.26. The number of rotatable bonds is 6. The Hall–Kier alpha value is -4.53. The molecule has 0 bridgehead atoms. The SMILES string of the molecule is COC(=O)c1cccc(NC(=O)c2cccc(NC(=O)c3cccc([N+](=O)[O-])c3)c2)c1. The summed E-state index contributed by atoms with van der Waals surface area (Å²) in [5.74, 6) is -1.53. The van der Waals surface area contributed by atoms with E-state index in [2.05, 4.69) is 15.4 Å². The van der Waals surface area contributed by atoms with Crippen molar-refractivity contribution in [3.8, 4) is 0 Å². The number of carbonyl (C=O) groups is 3. The predicted molar refractivity (Wildman–Crippen MR) is 113 cm³/mol. The van der Waals surface area contributed by atoms with Crippen LogP contribution in [0.4, 0.5) is 17.1 Å². The summed E-state index contributed by atoms with van der Waals surface area (Å²) in [6.45, 7) is 0. The highest BCUT2D eigenvalue weighted by Gasteiger charge is 2.13. The Morgan fingerprint density at radius 1 is 0.774 bits per heavy atom. The monoisotopic (exact) mass is 419 g/mol. The van der Waals surface area contributed by atoms with Crippen LogP contribution in [-0.2, 0) is 4.74 Å². The van der Waals surface area contributed by atoms with Crippen molar-refractivity contribution in [3.05, 3.63) is 99.6 Å². The van der Waals surface area contributed by atoms with Gasteiger partial charge < -0.3 is 15.4 Å². The highest BCUT2D eigenvalue weighted by molar-refractivity contribution is 6.07. The Morgan fingerprint density at radius 2 is 1.26 bits per heavy atom. The number of ether oxygens (including phenoxy) is 1. The number of non-ortho nitro benzene ring substituents is 1. The third-order valence-electron chi connectivity index (χ3n) is 4.24. The molecule has 0 radical (unpaired) electrons. The van der Waals surface area contributed by atoms with Crippen LogP contribution in [0.5, 0.6) is 0 Å². The molecule has 0 unspecified atom stereocenters. The van der Waals surface area contributed by atoms with Crippen LogP contribution in [0.15, 0.2) is 72.8 Å². The third-order valence-corrected chi connectivity index (χ3v) is 4.24. The molecule has 0 saturated carbocycles. The van der Waals surface area contributed by atoms with Gasteiger partial charge in [-0.2, -0.15) is 0 Å². The van der Waals surface area contributed by atoms with Crippen LogP contribution < -0.4 is 10.6 Å². The summed E-state index contributed by atoms with van der Waals surface area (Å²) >= 11 is 0. The van der Waals surface area contributed by atoms with E-state index in [4.69, 9.17) is 0 Å². The fourth-order valence-electron chi connectivity index (χ4n) is 2.75. The smallest absolute Gasteiger partial charge is 0.337 e. The first kappa shape index (κ1) is 21.2. The molecule has 0 aliphatic rings. The number of anilines is 2. The number of nitrogens with one attached hydrogen (secondary N) is 2. The second-order valence-corrected chi connectivity index (χ2v) is 6.37. The van der Waals surface area contributed by atoms with Crippen molar-refractivity contribution in [1.29, 1.82) is 0 Å². The quantitative estimate of drug-likeness (QED) is 0.354. The van der Waals surface area contributed by atoms with Gasteiger partial charge in [0, 0.05) is 34.6 Å². The molecule has 9 heteroatoms. The highest BCUT2D eigenvalue weighted by Crippen LogP contribution is 2.18. The summed E-state index contributed by atoms with van der Waals surface area (Å²) in [5, 5.41) is 16.2. The van der Waals surface area contributed by atoms with E-state index >= 15 is 0 Å². The maximum Gasteiger partial charge on any atom is 0.337 e. The molecular formula is C22H17N3O6. The molecule has 3 rings (SSSR count). The predicted octanol–water partition coefficient (Wildman–Crippen LogP) is 3.89. The van der Waals surface area contributed by atoms with Gasteiger partial charge in [0.1, 0.15) is 0 Å². The molecule has 3 aromatic rings. The Balaban J connectivity index is 1.73. The zero-order valence-electron chi connectivity index (χ0n) is 16.3. The molecule has 0 aromatic heterocycles. The van der Waals surface area contributed by atoms with E-state index < -0.39 is 22.7 Å². The third kappa shape index (κ3) is 5.30. The molecule has 0 atom stereocenters. The minimum absolute atomic E-state index is 0.115. The standard InChI is InChI=1S/C22H17N3O6/c1-31-22(28)16-7-3-9-18(12-16)24-20(26)14-5-2-8-17(11-14)23-21(27)15-6-4-10-19(13-15)25(29)30/h2-13H,1H3,(H,23,27)(H,24,26). The molecule has 0 spiro atoms. The lowest BCUT2D eigenvalue weighted by Gasteiger charge is -2.09. The number of carbonyl (C=O) groups excluding carboxylic acids is 3. The molecular weight excluding hydrogens is 402 g/mol. The molecule has 0 heterocycles. The van der Waals surface area contributed by atoms with Gasteiger partial charge in [-0.05, 0) is 42.5 Å². The minimum atomic E-state index is -0.586. The fourth-order valence-corrected chi connectivity index (χ4v) is 2.75. The molecule has 31 heavy (non-hydrogen) atoms. The van der Waals surface area contributed by atoms with Gasteiger partial charge in [-0.25, -0.2) is 4.79 Å². The fraction of sp³-hybridized carbons (Fsp3) is 0.0455. The second kappa shape index (κ2) is 9.31. The summed E-state index contributed by atoms with van der Waals surface area (Å²) in [4.78, 5) is 46.9. The van der Waals surface area contributed by atoms with Gasteiger partial charge in [0.05, 0.1) is 17.6 Å². The van der Waals surface area contributed by atoms with Crippen molar-refractivity contribution in [2.45, 2.75) is 0 Å². The maximum absolute atomic E-state index is 12.6. The normalized spacial score (nSPS) is 10.1. The zero-order chi connectivity index (χ0) is 22.4. The van der Waals surface area contributed by atoms with Crippen LogP contribution in [0.25, 0.3) is 0 Å². The minimum Gasteiger partial charge on any atom is -0.465 e. The number of benzene rings is 3. The van der Waals surface area contributed by atoms with Crippen molar-refractivity contribution in [2.24, 2.45) is 0 Å². The van der Waals surface area contributed by atoms with Crippen LogP contribution in [-0.4, -0.2) is 29.8 Å². The van der Waals surface area contributed by atoms with E-state index in [0.717, 1.165) is 0 Å². The van der Waals surface area contributed by atoms with Gasteiger partial charge in [-0.3, -0.25) is 19.7 Å². The summed E-state index contributed by atoms with van der Waals surface area (Å²) in [6.07, 6.45) is 0. The van der Waals surface area contributed by atoms with Crippen LogP contribution in [0, 0.1) is 10.1 Å². The van der Waals surface area contributed by atoms with Crippen molar-refractivity contribution in [2.75, 3.05) is 17.7 Å². The zero-order valence-corrected chi connectivity index (χ0v) is 16.3. The lowest BCUT2D eigenvalue weighted by atomic mass is 10.1. The Kier molecular flexibility index (Phi) is 6.36. The van der Waals surface area contributed by atoms with Crippen LogP contribution >= 0.6 is 0 Å². The number of amides is 2. The van der Waals surface area contributed by atoms with Crippen molar-refractivity contribution >= 4 is 34.8 Å². The lowest BCUT2D eigenvalue weighted by Crippen LogP contribution is -2.15. The van der Waals surface area contributed by atoms with Gasteiger partial charge in [-0.1, -0.05) is 18.2 Å². The van der Waals surface area contributed by atoms with Crippen molar-refractivity contribution in [1.82, 2.24) is 0 Å². The topological polar surface area (TPSA) is 128 Å². The Morgan fingerprint density at radius 3 is 1.81 bits per heavy atom. The van der Waals surface area contributed by atoms with Crippen LogP contribution in [0.3, 0.4) is 0 Å². The van der Waals surface area contributed by atoms with E-state index in [1.807, 2.05) is 0 Å². The molecule has 2 N–H and O–H groups in total. The lowest BCUT2D eigenvalue weighted by molar-refractivity contribution is -0.384. The van der Waals surface area contributed by atoms with Crippen LogP contribution in [0.1, 0.15) is 31.1 Å². The van der Waals surface area contributed by atoms with Gasteiger partial charge in [0.2, 0.25) is 0 Å². The van der Waals surface area contributed by atoms with Gasteiger partial charge in [0.15, 0.2) is 0 Å². The molecule has 0 aliphatic carbocycles. The van der Waals surface area contributed by atoms with Gasteiger partial charge in [0.25, 0.3) is 17.5 Å². The number of nitro groups is 1. The molecule has 0 fully saturated rings. The molecule has 156 valence electrons. The number of nitrogens with zero attached hydrogens (tertiary/aromatic N) is 1. The van der Waals surface area contributed by atoms with E-state index in [1.54, 1.807) is 36.4 Å². The average molecular weight is 419 g/mol. The molecule has 2 amide bonds. The molecule has 3 aromatic carbocycles. The van der Waals surface area contributed by atoms with Crippen molar-refractivity contribution < 1.29 is 24.0 Å². The van der Waals surface area contributed by atoms with Crippen molar-refractivity contribution in [3.63, 3.8) is 0 Å². The molecule has 9 nitrogen and oxygen atoms in total. The van der Waals surface area contributed by atoms with E-state index in [-0.39, 0.29) is 16.8 Å². The van der Waals surface area contributed by atoms with Gasteiger partial charge in [-0.15, -0.1) is 0 Å². The van der Waals surface area contributed by atoms with E-state index in [0.29, 0.717) is 16.9 Å². The van der Waals surface area contributed by atoms with Crippen LogP contribution in [0.2, 0.25) is 0 Å². The summed E-state index contributed by atoms with van der Waals surface area (Å²) in [5.41, 5.74) is 1.21. The Labute approximate surface area is 176 Å². The first-order chi connectivity index (χ1) is 14.9. The Bertz CT molecular complexity index is 1180. The number of hydrogen-bond donors (Lipinski definition) is 2. The number of methoxy groups -OCH3 is 1. The highest BCUT2D eigenvalue weighted by atomic mass is 16.6. The first-order valence-electron chi connectivity index (χ1n) is 9.03.